The molecule has 2 aromatic heterocycles. The standard InChI is InChI=1S/C66H75N4O.Pt/c1-61(2,3)43-23-26-52(55(36-43)66(16,17)18)42-22-28-56-54(32-42)53-27-25-51(40-58(53)70(56)60-38-45(30-31-67-60)63(7,8)9)71-50-21-19-20-48(39-50)68-41-69(59-37-44(62(4,5)6)24-29-57(59)68)49-34-46(64(10,11)12)33-47(35-49)65(13,14)15;/h19-38,41H,1-18H3;/q-3;. The smallest absolute Gasteiger partial charge is 0.135 e. The molecule has 8 aromatic rings. The van der Waals surface area contributed by atoms with Crippen LogP contribution in [0.4, 0.5) is 22.7 Å². The van der Waals surface area contributed by atoms with Gasteiger partial charge in [0, 0.05) is 61.3 Å². The molecule has 0 saturated carbocycles. The van der Waals surface area contributed by atoms with E-state index in [9.17, 15) is 0 Å². The summed E-state index contributed by atoms with van der Waals surface area (Å²) in [6.07, 6.45) is 1.93. The van der Waals surface area contributed by atoms with Gasteiger partial charge in [0.1, 0.15) is 5.82 Å². The van der Waals surface area contributed by atoms with E-state index >= 15 is 0 Å². The Morgan fingerprint density at radius 2 is 1.07 bits per heavy atom. The summed E-state index contributed by atoms with van der Waals surface area (Å²) in [4.78, 5) is 9.61. The fraction of sp³-hybridized carbons (Fsp3) is 0.364. The van der Waals surface area contributed by atoms with Crippen molar-refractivity contribution in [1.82, 2.24) is 9.55 Å². The van der Waals surface area contributed by atoms with Crippen molar-refractivity contribution in [2.24, 2.45) is 0 Å². The van der Waals surface area contributed by atoms with Crippen LogP contribution >= 0.6 is 0 Å². The summed E-state index contributed by atoms with van der Waals surface area (Å²) in [5.41, 5.74) is 16.3. The molecule has 0 bridgehead atoms. The van der Waals surface area contributed by atoms with Gasteiger partial charge in [0.05, 0.1) is 0 Å². The molecule has 378 valence electrons. The zero-order valence-electron chi connectivity index (χ0n) is 46.1. The number of anilines is 4. The molecule has 0 radical (unpaired) electrons. The van der Waals surface area contributed by atoms with E-state index in [4.69, 9.17) is 9.72 Å². The normalized spacial score (nSPS) is 13.8. The summed E-state index contributed by atoms with van der Waals surface area (Å²) in [6.45, 7) is 43.4. The van der Waals surface area contributed by atoms with Crippen LogP contribution in [0.3, 0.4) is 0 Å². The van der Waals surface area contributed by atoms with E-state index in [2.05, 4.69) is 261 Å². The van der Waals surface area contributed by atoms with Crippen LogP contribution in [0, 0.1) is 18.8 Å². The molecule has 0 spiro atoms. The van der Waals surface area contributed by atoms with Crippen molar-refractivity contribution in [1.29, 1.82) is 0 Å². The van der Waals surface area contributed by atoms with Crippen LogP contribution in [0.5, 0.6) is 11.5 Å². The number of aromatic nitrogens is 2. The molecule has 1 aliphatic heterocycles. The van der Waals surface area contributed by atoms with Crippen LogP contribution in [0.1, 0.15) is 158 Å². The van der Waals surface area contributed by atoms with Crippen molar-refractivity contribution < 1.29 is 25.8 Å². The van der Waals surface area contributed by atoms with Crippen molar-refractivity contribution in [3.8, 4) is 28.4 Å². The molecule has 3 heterocycles. The first kappa shape index (κ1) is 52.7. The number of rotatable bonds is 6. The molecule has 0 saturated heterocycles. The predicted molar refractivity (Wildman–Crippen MR) is 302 cm³/mol. The summed E-state index contributed by atoms with van der Waals surface area (Å²) in [5.74, 6) is 2.06. The molecule has 72 heavy (non-hydrogen) atoms. The van der Waals surface area contributed by atoms with Gasteiger partial charge in [-0.1, -0.05) is 173 Å². The van der Waals surface area contributed by atoms with Gasteiger partial charge in [-0.3, -0.25) is 0 Å². The molecule has 0 amide bonds. The summed E-state index contributed by atoms with van der Waals surface area (Å²) >= 11 is 0. The van der Waals surface area contributed by atoms with E-state index < -0.39 is 0 Å². The van der Waals surface area contributed by atoms with Crippen LogP contribution < -0.4 is 14.5 Å². The number of benzene rings is 6. The first-order valence-electron chi connectivity index (χ1n) is 25.5. The van der Waals surface area contributed by atoms with Gasteiger partial charge >= 0.3 is 0 Å². The Hall–Kier alpha value is -5.64. The quantitative estimate of drug-likeness (QED) is 0.155. The summed E-state index contributed by atoms with van der Waals surface area (Å²) in [5, 5.41) is 2.23. The van der Waals surface area contributed by atoms with Crippen molar-refractivity contribution in [3.05, 3.63) is 174 Å². The van der Waals surface area contributed by atoms with Gasteiger partial charge in [0.15, 0.2) is 0 Å². The van der Waals surface area contributed by atoms with Crippen LogP contribution in [-0.4, -0.2) is 9.55 Å². The summed E-state index contributed by atoms with van der Waals surface area (Å²) in [7, 11) is 0. The van der Waals surface area contributed by atoms with Gasteiger partial charge in [-0.2, -0.15) is 12.1 Å². The summed E-state index contributed by atoms with van der Waals surface area (Å²) in [6, 6.07) is 50.0. The average molecular weight is 1140 g/mol. The van der Waals surface area contributed by atoms with Crippen molar-refractivity contribution in [2.75, 3.05) is 9.80 Å². The van der Waals surface area contributed by atoms with Gasteiger partial charge in [-0.05, 0) is 125 Å². The molecule has 0 unspecified atom stereocenters. The van der Waals surface area contributed by atoms with Crippen molar-refractivity contribution in [3.63, 3.8) is 0 Å². The molecule has 9 rings (SSSR count). The first-order valence-corrected chi connectivity index (χ1v) is 25.5. The van der Waals surface area contributed by atoms with Gasteiger partial charge in [-0.25, -0.2) is 4.98 Å². The second-order valence-corrected chi connectivity index (χ2v) is 26.1. The maximum atomic E-state index is 6.81. The molecule has 6 aromatic carbocycles. The van der Waals surface area contributed by atoms with Gasteiger partial charge in [0.2, 0.25) is 0 Å². The molecule has 6 heteroatoms. The molecule has 0 fully saturated rings. The molecule has 0 atom stereocenters. The zero-order chi connectivity index (χ0) is 51.4. The second kappa shape index (κ2) is 18.4. The Morgan fingerprint density at radius 3 is 1.69 bits per heavy atom. The van der Waals surface area contributed by atoms with E-state index in [0.717, 1.165) is 50.4 Å². The largest absolute Gasteiger partial charge is 0.509 e. The third-order valence-corrected chi connectivity index (χ3v) is 14.2. The van der Waals surface area contributed by atoms with E-state index in [1.54, 1.807) is 0 Å². The maximum absolute atomic E-state index is 6.81. The fourth-order valence-corrected chi connectivity index (χ4v) is 9.68. The Balaban J connectivity index is 0.00000693. The summed E-state index contributed by atoms with van der Waals surface area (Å²) < 4.78 is 9.06. The van der Waals surface area contributed by atoms with Gasteiger partial charge in [-0.15, -0.1) is 48.1 Å². The molecule has 5 nitrogen and oxygen atoms in total. The fourth-order valence-electron chi connectivity index (χ4n) is 9.68. The molecule has 0 aliphatic carbocycles. The second-order valence-electron chi connectivity index (χ2n) is 26.1. The number of nitrogens with zero attached hydrogens (tertiary/aromatic N) is 4. The minimum atomic E-state index is -0.0595. The average Bonchev–Trinajstić information content (AvgIpc) is 3.82. The third-order valence-electron chi connectivity index (χ3n) is 14.2. The van der Waals surface area contributed by atoms with Crippen LogP contribution in [0.15, 0.2) is 121 Å². The first-order chi connectivity index (χ1) is 32.9. The number of hydrogen-bond acceptors (Lipinski definition) is 4. The Labute approximate surface area is 446 Å². The zero-order valence-corrected chi connectivity index (χ0v) is 48.4. The molecule has 0 N–H and O–H groups in total. The Morgan fingerprint density at radius 1 is 0.472 bits per heavy atom. The van der Waals surface area contributed by atoms with E-state index in [1.807, 2.05) is 18.3 Å². The van der Waals surface area contributed by atoms with Gasteiger partial charge in [0.25, 0.3) is 0 Å². The molecule has 1 aliphatic rings. The predicted octanol–water partition coefficient (Wildman–Crippen LogP) is 18.4. The monoisotopic (exact) mass is 1130 g/mol. The van der Waals surface area contributed by atoms with Crippen molar-refractivity contribution in [2.45, 2.75) is 157 Å². The minimum Gasteiger partial charge on any atom is -0.509 e. The number of ether oxygens (including phenoxy) is 1. The molecular formula is C66H75N4OPt-3. The Kier molecular flexibility index (Phi) is 13.4. The number of hydrogen-bond donors (Lipinski definition) is 0. The SMILES string of the molecule is CC(C)(C)c1cc(N2[CH-]N(c3[c-]c(Oc4[c-]c5c(cc4)c4cc(-c6ccc(C(C)(C)C)cc6C(C)(C)C)ccc4n5-c4cc(C(C)(C)C)ccn4)ccc3)c3ccc(C(C)(C)C)cc32)cc(C(C)(C)C)c1.[Pt]. The van der Waals surface area contributed by atoms with Crippen LogP contribution in [0.25, 0.3) is 38.8 Å². The minimum absolute atomic E-state index is 0. The number of fused-ring (bicyclic) bond motifs is 4. The third kappa shape index (κ3) is 10.3. The van der Waals surface area contributed by atoms with E-state index in [0.29, 0.717) is 11.5 Å². The van der Waals surface area contributed by atoms with Gasteiger partial charge < -0.3 is 19.1 Å². The van der Waals surface area contributed by atoms with Crippen LogP contribution in [0.2, 0.25) is 0 Å². The maximum Gasteiger partial charge on any atom is 0.135 e. The van der Waals surface area contributed by atoms with E-state index in [-0.39, 0.29) is 53.6 Å². The van der Waals surface area contributed by atoms with E-state index in [1.165, 1.54) is 44.5 Å². The topological polar surface area (TPSA) is 33.5 Å². The molecular weight excluding hydrogens is 1060 g/mol. The van der Waals surface area contributed by atoms with Crippen molar-refractivity contribution >= 4 is 44.6 Å². The van der Waals surface area contributed by atoms with Crippen LogP contribution in [-0.2, 0) is 53.6 Å². The number of pyridine rings is 1. The Bertz CT molecular complexity index is 3300.